The zero-order chi connectivity index (χ0) is 19.9. The number of urea groups is 1. The molecule has 2 aromatic rings. The van der Waals surface area contributed by atoms with E-state index in [1.54, 1.807) is 6.07 Å². The van der Waals surface area contributed by atoms with Crippen LogP contribution in [0.25, 0.3) is 0 Å². The number of benzene rings is 2. The number of hydrogen-bond donors (Lipinski definition) is 4. The van der Waals surface area contributed by atoms with E-state index in [9.17, 15) is 14.7 Å². The van der Waals surface area contributed by atoms with Crippen molar-refractivity contribution >= 4 is 29.3 Å². The van der Waals surface area contributed by atoms with Crippen molar-refractivity contribution < 1.29 is 14.7 Å². The highest BCUT2D eigenvalue weighted by Crippen LogP contribution is 2.30. The van der Waals surface area contributed by atoms with Gasteiger partial charge in [-0.2, -0.15) is 0 Å². The maximum Gasteiger partial charge on any atom is 0.319 e. The van der Waals surface area contributed by atoms with Gasteiger partial charge in [-0.1, -0.05) is 35.9 Å². The summed E-state index contributed by atoms with van der Waals surface area (Å²) in [5.41, 5.74) is 2.66. The fourth-order valence-electron chi connectivity index (χ4n) is 3.50. The molecule has 2 aromatic carbocycles. The van der Waals surface area contributed by atoms with Crippen LogP contribution >= 0.6 is 11.6 Å². The quantitative estimate of drug-likeness (QED) is 0.596. The average molecular weight is 402 g/mol. The normalized spacial score (nSPS) is 19.0. The maximum atomic E-state index is 12.2. The molecule has 0 saturated carbocycles. The number of anilines is 1. The minimum absolute atomic E-state index is 0.110. The predicted molar refractivity (Wildman–Crippen MR) is 110 cm³/mol. The Hall–Kier alpha value is -2.57. The molecular formula is C21H24ClN3O3. The highest BCUT2D eigenvalue weighted by molar-refractivity contribution is 6.30. The molecule has 6 nitrogen and oxygen atoms in total. The zero-order valence-corrected chi connectivity index (χ0v) is 16.2. The minimum atomic E-state index is -0.773. The number of rotatable bonds is 6. The Balaban J connectivity index is 1.55. The number of carbonyl (C=O) groups excluding carboxylic acids is 1. The lowest BCUT2D eigenvalue weighted by Gasteiger charge is -2.29. The molecule has 7 heteroatoms. The molecule has 0 bridgehead atoms. The van der Waals surface area contributed by atoms with Crippen LogP contribution in [-0.2, 0) is 11.2 Å². The first-order valence-electron chi connectivity index (χ1n) is 9.35. The van der Waals surface area contributed by atoms with Gasteiger partial charge < -0.3 is 21.1 Å². The predicted octanol–water partition coefficient (Wildman–Crippen LogP) is 3.48. The molecule has 2 amide bonds. The van der Waals surface area contributed by atoms with E-state index in [0.717, 1.165) is 11.1 Å². The fourth-order valence-corrected chi connectivity index (χ4v) is 3.62. The van der Waals surface area contributed by atoms with Crippen molar-refractivity contribution in [2.24, 2.45) is 5.92 Å². The third-order valence-corrected chi connectivity index (χ3v) is 5.24. The van der Waals surface area contributed by atoms with Crippen LogP contribution in [0.1, 0.15) is 23.5 Å². The Morgan fingerprint density at radius 2 is 1.96 bits per heavy atom. The first kappa shape index (κ1) is 20.2. The molecule has 1 aliphatic heterocycles. The summed E-state index contributed by atoms with van der Waals surface area (Å²) < 4.78 is 0. The molecule has 2 unspecified atom stereocenters. The second kappa shape index (κ2) is 9.57. The molecule has 4 N–H and O–H groups in total. The van der Waals surface area contributed by atoms with E-state index in [2.05, 4.69) is 16.0 Å². The molecule has 1 fully saturated rings. The standard InChI is InChI=1S/C21H24ClN3O3/c22-16-6-4-14(5-7-16)8-11-24-21(28)25-17-3-1-2-15(12-17)19-13-23-10-9-18(19)20(26)27/h1-7,12,18-19,23H,8-11,13H2,(H,26,27)(H2,24,25,28). The zero-order valence-electron chi connectivity index (χ0n) is 15.5. The van der Waals surface area contributed by atoms with Crippen LogP contribution in [0.3, 0.4) is 0 Å². The smallest absolute Gasteiger partial charge is 0.319 e. The number of amides is 2. The van der Waals surface area contributed by atoms with Gasteiger partial charge in [0.25, 0.3) is 0 Å². The van der Waals surface area contributed by atoms with Crippen LogP contribution in [0.5, 0.6) is 0 Å². The van der Waals surface area contributed by atoms with Gasteiger partial charge in [0.05, 0.1) is 5.92 Å². The lowest BCUT2D eigenvalue weighted by molar-refractivity contribution is -0.143. The first-order chi connectivity index (χ1) is 13.5. The lowest BCUT2D eigenvalue weighted by atomic mass is 9.81. The SMILES string of the molecule is O=C(NCCc1ccc(Cl)cc1)Nc1cccc(C2CNCCC2C(=O)O)c1. The molecule has 0 aliphatic carbocycles. The van der Waals surface area contributed by atoms with Crippen molar-refractivity contribution in [1.82, 2.24) is 10.6 Å². The minimum Gasteiger partial charge on any atom is -0.481 e. The summed E-state index contributed by atoms with van der Waals surface area (Å²) in [5.74, 6) is -1.30. The van der Waals surface area contributed by atoms with Crippen molar-refractivity contribution in [3.63, 3.8) is 0 Å². The highest BCUT2D eigenvalue weighted by Gasteiger charge is 2.31. The monoisotopic (exact) mass is 401 g/mol. The molecule has 1 saturated heterocycles. The number of carboxylic acids is 1. The topological polar surface area (TPSA) is 90.5 Å². The van der Waals surface area contributed by atoms with Crippen LogP contribution in [0.4, 0.5) is 10.5 Å². The van der Waals surface area contributed by atoms with Gasteiger partial charge in [-0.25, -0.2) is 4.79 Å². The number of piperidine rings is 1. The van der Waals surface area contributed by atoms with Crippen LogP contribution < -0.4 is 16.0 Å². The van der Waals surface area contributed by atoms with Gasteiger partial charge >= 0.3 is 12.0 Å². The van der Waals surface area contributed by atoms with Gasteiger partial charge in [0, 0.05) is 29.7 Å². The van der Waals surface area contributed by atoms with Crippen molar-refractivity contribution in [2.75, 3.05) is 25.0 Å². The van der Waals surface area contributed by atoms with Gasteiger partial charge in [-0.3, -0.25) is 4.79 Å². The third-order valence-electron chi connectivity index (χ3n) is 4.98. The van der Waals surface area contributed by atoms with Crippen LogP contribution in [0.2, 0.25) is 5.02 Å². The molecule has 2 atom stereocenters. The molecule has 28 heavy (non-hydrogen) atoms. The van der Waals surface area contributed by atoms with E-state index in [4.69, 9.17) is 11.6 Å². The van der Waals surface area contributed by atoms with E-state index >= 15 is 0 Å². The van der Waals surface area contributed by atoms with Gasteiger partial charge in [0.15, 0.2) is 0 Å². The van der Waals surface area contributed by atoms with Crippen LogP contribution in [0, 0.1) is 5.92 Å². The van der Waals surface area contributed by atoms with Gasteiger partial charge in [-0.05, 0) is 54.8 Å². The van der Waals surface area contributed by atoms with E-state index < -0.39 is 11.9 Å². The fraction of sp³-hybridized carbons (Fsp3) is 0.333. The van der Waals surface area contributed by atoms with Crippen molar-refractivity contribution in [3.05, 3.63) is 64.7 Å². The largest absolute Gasteiger partial charge is 0.481 e. The Morgan fingerprint density at radius 3 is 2.71 bits per heavy atom. The molecule has 1 heterocycles. The van der Waals surface area contributed by atoms with Crippen molar-refractivity contribution in [2.45, 2.75) is 18.8 Å². The summed E-state index contributed by atoms with van der Waals surface area (Å²) in [6.45, 7) is 1.83. The van der Waals surface area contributed by atoms with Crippen LogP contribution in [0.15, 0.2) is 48.5 Å². The van der Waals surface area contributed by atoms with Crippen LogP contribution in [-0.4, -0.2) is 36.7 Å². The molecule has 0 aromatic heterocycles. The summed E-state index contributed by atoms with van der Waals surface area (Å²) in [6.07, 6.45) is 1.31. The van der Waals surface area contributed by atoms with Crippen molar-refractivity contribution in [3.8, 4) is 0 Å². The molecule has 0 spiro atoms. The van der Waals surface area contributed by atoms with E-state index in [1.807, 2.05) is 42.5 Å². The maximum absolute atomic E-state index is 12.2. The van der Waals surface area contributed by atoms with E-state index in [-0.39, 0.29) is 11.9 Å². The number of hydrogen-bond acceptors (Lipinski definition) is 3. The van der Waals surface area contributed by atoms with Crippen molar-refractivity contribution in [1.29, 1.82) is 0 Å². The Labute approximate surface area is 169 Å². The number of halogens is 1. The number of aliphatic carboxylic acids is 1. The third kappa shape index (κ3) is 5.47. The van der Waals surface area contributed by atoms with E-state index in [0.29, 0.717) is 43.2 Å². The molecule has 3 rings (SSSR count). The molecule has 0 radical (unpaired) electrons. The summed E-state index contributed by atoms with van der Waals surface area (Å²) in [6, 6.07) is 14.6. The number of carbonyl (C=O) groups is 2. The molecule has 1 aliphatic rings. The average Bonchev–Trinajstić information content (AvgIpc) is 2.69. The second-order valence-electron chi connectivity index (χ2n) is 6.93. The summed E-state index contributed by atoms with van der Waals surface area (Å²) in [7, 11) is 0. The summed E-state index contributed by atoms with van der Waals surface area (Å²) >= 11 is 5.87. The number of carboxylic acid groups (broad SMARTS) is 1. The lowest BCUT2D eigenvalue weighted by Crippen LogP contribution is -2.38. The highest BCUT2D eigenvalue weighted by atomic mass is 35.5. The van der Waals surface area contributed by atoms with E-state index in [1.165, 1.54) is 0 Å². The second-order valence-corrected chi connectivity index (χ2v) is 7.36. The Bertz CT molecular complexity index is 826. The molecular weight excluding hydrogens is 378 g/mol. The van der Waals surface area contributed by atoms with Gasteiger partial charge in [0.1, 0.15) is 0 Å². The number of nitrogens with one attached hydrogen (secondary N) is 3. The van der Waals surface area contributed by atoms with Gasteiger partial charge in [-0.15, -0.1) is 0 Å². The first-order valence-corrected chi connectivity index (χ1v) is 9.73. The summed E-state index contributed by atoms with van der Waals surface area (Å²) in [5, 5.41) is 19.1. The summed E-state index contributed by atoms with van der Waals surface area (Å²) in [4.78, 5) is 23.7. The Morgan fingerprint density at radius 1 is 1.18 bits per heavy atom. The van der Waals surface area contributed by atoms with Gasteiger partial charge in [0.2, 0.25) is 0 Å². The Kier molecular flexibility index (Phi) is 6.90. The molecule has 148 valence electrons.